The van der Waals surface area contributed by atoms with Gasteiger partial charge < -0.3 is 0 Å². The molecule has 1 aliphatic rings. The van der Waals surface area contributed by atoms with Gasteiger partial charge in [0.1, 0.15) is 0 Å². The van der Waals surface area contributed by atoms with E-state index >= 15 is 0 Å². The predicted octanol–water partition coefficient (Wildman–Crippen LogP) is 3.73. The molecule has 0 N–H and O–H groups in total. The number of halogens is 1. The summed E-state index contributed by atoms with van der Waals surface area (Å²) in [5.41, 5.74) is 1.31. The van der Waals surface area contributed by atoms with Gasteiger partial charge in [0.15, 0.2) is 9.84 Å². The summed E-state index contributed by atoms with van der Waals surface area (Å²) < 4.78 is 24.6. The highest BCUT2D eigenvalue weighted by molar-refractivity contribution is 7.91. The van der Waals surface area contributed by atoms with Gasteiger partial charge >= 0.3 is 0 Å². The number of sulfone groups is 1. The molecule has 20 heavy (non-hydrogen) atoms. The van der Waals surface area contributed by atoms with Gasteiger partial charge in [-0.2, -0.15) is 0 Å². The van der Waals surface area contributed by atoms with Crippen LogP contribution in [0.25, 0.3) is 10.1 Å². The number of hydrogen-bond donors (Lipinski definition) is 0. The molecule has 3 rings (SSSR count). The SMILES string of the molecule is O=S1(=O)CCC(C(CCl)Cc2csc3ccccc23)C1. The fourth-order valence-corrected chi connectivity index (χ4v) is 6.27. The molecule has 1 aliphatic heterocycles. The van der Waals surface area contributed by atoms with Crippen LogP contribution in [-0.4, -0.2) is 25.8 Å². The fourth-order valence-electron chi connectivity index (χ4n) is 3.02. The van der Waals surface area contributed by atoms with E-state index in [4.69, 9.17) is 11.6 Å². The molecule has 0 radical (unpaired) electrons. The van der Waals surface area contributed by atoms with Gasteiger partial charge in [0.05, 0.1) is 11.5 Å². The van der Waals surface area contributed by atoms with Crippen LogP contribution in [0.1, 0.15) is 12.0 Å². The van der Waals surface area contributed by atoms with E-state index in [2.05, 4.69) is 17.5 Å². The minimum atomic E-state index is -2.83. The molecule has 2 nitrogen and oxygen atoms in total. The summed E-state index contributed by atoms with van der Waals surface area (Å²) in [6.45, 7) is 0. The van der Waals surface area contributed by atoms with Crippen molar-refractivity contribution in [3.63, 3.8) is 0 Å². The van der Waals surface area contributed by atoms with Gasteiger partial charge in [-0.25, -0.2) is 8.42 Å². The van der Waals surface area contributed by atoms with Gasteiger partial charge in [-0.1, -0.05) is 18.2 Å². The molecule has 5 heteroatoms. The van der Waals surface area contributed by atoms with Gasteiger partial charge in [-0.05, 0) is 47.1 Å². The van der Waals surface area contributed by atoms with E-state index in [0.717, 1.165) is 12.8 Å². The molecule has 0 amide bonds. The molecule has 1 saturated heterocycles. The lowest BCUT2D eigenvalue weighted by molar-refractivity contribution is 0.399. The second-order valence-electron chi connectivity index (χ2n) is 5.54. The first-order chi connectivity index (χ1) is 9.59. The smallest absolute Gasteiger partial charge is 0.150 e. The Labute approximate surface area is 128 Å². The van der Waals surface area contributed by atoms with Crippen LogP contribution in [0.2, 0.25) is 0 Å². The third-order valence-corrected chi connectivity index (χ3v) is 7.38. The number of alkyl halides is 1. The second kappa shape index (κ2) is 5.66. The third kappa shape index (κ3) is 2.87. The molecule has 2 atom stereocenters. The highest BCUT2D eigenvalue weighted by Crippen LogP contribution is 2.33. The molecule has 2 unspecified atom stereocenters. The first kappa shape index (κ1) is 14.4. The largest absolute Gasteiger partial charge is 0.229 e. The zero-order valence-electron chi connectivity index (χ0n) is 11.1. The van der Waals surface area contributed by atoms with Gasteiger partial charge in [0.2, 0.25) is 0 Å². The Hall–Kier alpha value is -0.580. The first-order valence-electron chi connectivity index (χ1n) is 6.80. The average molecular weight is 329 g/mol. The quantitative estimate of drug-likeness (QED) is 0.801. The Kier molecular flexibility index (Phi) is 4.07. The number of fused-ring (bicyclic) bond motifs is 1. The van der Waals surface area contributed by atoms with Gasteiger partial charge in [-0.15, -0.1) is 22.9 Å². The number of thiophene rings is 1. The number of rotatable bonds is 4. The van der Waals surface area contributed by atoms with Crippen molar-refractivity contribution in [1.29, 1.82) is 0 Å². The van der Waals surface area contributed by atoms with Crippen LogP contribution < -0.4 is 0 Å². The summed E-state index contributed by atoms with van der Waals surface area (Å²) in [6, 6.07) is 8.36. The van der Waals surface area contributed by atoms with Crippen LogP contribution in [0.4, 0.5) is 0 Å². The highest BCUT2D eigenvalue weighted by Gasteiger charge is 2.33. The summed E-state index contributed by atoms with van der Waals surface area (Å²) in [7, 11) is -2.83. The van der Waals surface area contributed by atoms with Crippen molar-refractivity contribution in [3.05, 3.63) is 35.2 Å². The Morgan fingerprint density at radius 2 is 2.15 bits per heavy atom. The van der Waals surface area contributed by atoms with Crippen molar-refractivity contribution >= 4 is 42.9 Å². The average Bonchev–Trinajstić information content (AvgIpc) is 2.99. The van der Waals surface area contributed by atoms with E-state index in [1.54, 1.807) is 11.3 Å². The molecular formula is C15H17ClO2S2. The molecule has 1 aromatic heterocycles. The van der Waals surface area contributed by atoms with Crippen LogP contribution in [0.3, 0.4) is 0 Å². The van der Waals surface area contributed by atoms with Gasteiger partial charge in [0.25, 0.3) is 0 Å². The van der Waals surface area contributed by atoms with E-state index in [9.17, 15) is 8.42 Å². The molecule has 2 aromatic rings. The van der Waals surface area contributed by atoms with Crippen molar-refractivity contribution in [2.45, 2.75) is 12.8 Å². The molecule has 2 heterocycles. The van der Waals surface area contributed by atoms with Gasteiger partial charge in [-0.3, -0.25) is 0 Å². The van der Waals surface area contributed by atoms with E-state index in [1.165, 1.54) is 15.6 Å². The zero-order valence-corrected chi connectivity index (χ0v) is 13.5. The molecule has 0 saturated carbocycles. The van der Waals surface area contributed by atoms with Crippen molar-refractivity contribution in [2.24, 2.45) is 11.8 Å². The van der Waals surface area contributed by atoms with Crippen LogP contribution >= 0.6 is 22.9 Å². The summed E-state index contributed by atoms with van der Waals surface area (Å²) in [6.07, 6.45) is 1.65. The zero-order chi connectivity index (χ0) is 14.2. The molecule has 1 aromatic carbocycles. The van der Waals surface area contributed by atoms with Crippen LogP contribution in [0.5, 0.6) is 0 Å². The fraction of sp³-hybridized carbons (Fsp3) is 0.467. The molecule has 0 aliphatic carbocycles. The highest BCUT2D eigenvalue weighted by atomic mass is 35.5. The first-order valence-corrected chi connectivity index (χ1v) is 10.0. The number of benzene rings is 1. The van der Waals surface area contributed by atoms with Crippen molar-refractivity contribution in [1.82, 2.24) is 0 Å². The van der Waals surface area contributed by atoms with Crippen molar-refractivity contribution in [3.8, 4) is 0 Å². The van der Waals surface area contributed by atoms with E-state index in [0.29, 0.717) is 17.4 Å². The normalized spacial score (nSPS) is 23.1. The second-order valence-corrected chi connectivity index (χ2v) is 8.99. The van der Waals surface area contributed by atoms with Crippen LogP contribution in [0.15, 0.2) is 29.6 Å². The van der Waals surface area contributed by atoms with Crippen molar-refractivity contribution in [2.75, 3.05) is 17.4 Å². The maximum atomic E-state index is 11.6. The Balaban J connectivity index is 1.82. The van der Waals surface area contributed by atoms with Crippen LogP contribution in [-0.2, 0) is 16.3 Å². The Bertz CT molecular complexity index is 705. The van der Waals surface area contributed by atoms with E-state index < -0.39 is 9.84 Å². The lowest BCUT2D eigenvalue weighted by atomic mass is 9.88. The van der Waals surface area contributed by atoms with Crippen molar-refractivity contribution < 1.29 is 8.42 Å². The topological polar surface area (TPSA) is 34.1 Å². The monoisotopic (exact) mass is 328 g/mol. The Morgan fingerprint density at radius 1 is 1.35 bits per heavy atom. The molecular weight excluding hydrogens is 312 g/mol. The molecule has 108 valence electrons. The molecule has 1 fully saturated rings. The summed E-state index contributed by atoms with van der Waals surface area (Å²) in [5, 5.41) is 3.47. The third-order valence-electron chi connectivity index (χ3n) is 4.18. The van der Waals surface area contributed by atoms with Gasteiger partial charge in [0, 0.05) is 10.6 Å². The molecule has 0 spiro atoms. The summed E-state index contributed by atoms with van der Waals surface area (Å²) in [5.74, 6) is 1.65. The van der Waals surface area contributed by atoms with Crippen LogP contribution in [0, 0.1) is 11.8 Å². The Morgan fingerprint density at radius 3 is 2.85 bits per heavy atom. The number of hydrogen-bond acceptors (Lipinski definition) is 3. The van der Waals surface area contributed by atoms with E-state index in [-0.39, 0.29) is 11.8 Å². The maximum Gasteiger partial charge on any atom is 0.150 e. The summed E-state index contributed by atoms with van der Waals surface area (Å²) >= 11 is 7.86. The minimum absolute atomic E-state index is 0.219. The summed E-state index contributed by atoms with van der Waals surface area (Å²) in [4.78, 5) is 0. The lowest BCUT2D eigenvalue weighted by Crippen LogP contribution is -2.20. The van der Waals surface area contributed by atoms with E-state index in [1.807, 2.05) is 12.1 Å². The standard InChI is InChI=1S/C15H17ClO2S2/c16-8-12(11-5-6-20(17,18)10-11)7-13-9-19-15-4-2-1-3-14(13)15/h1-4,9,11-12H,5-8,10H2. The predicted molar refractivity (Wildman–Crippen MR) is 86.5 cm³/mol. The minimum Gasteiger partial charge on any atom is -0.229 e. The maximum absolute atomic E-state index is 11.6. The molecule has 0 bridgehead atoms. The lowest BCUT2D eigenvalue weighted by Gasteiger charge is -2.19.